The zero-order chi connectivity index (χ0) is 36.7. The van der Waals surface area contributed by atoms with E-state index >= 15 is 0 Å². The number of carbonyl (C=O) groups excluding carboxylic acids is 4. The van der Waals surface area contributed by atoms with E-state index in [-0.39, 0.29) is 42.7 Å². The number of thiazole rings is 1. The van der Waals surface area contributed by atoms with Crippen LogP contribution in [0.5, 0.6) is 5.75 Å². The molecule has 4 aromatic rings. The summed E-state index contributed by atoms with van der Waals surface area (Å²) in [6.07, 6.45) is 3.90. The summed E-state index contributed by atoms with van der Waals surface area (Å²) in [6.45, 7) is 7.33. The fourth-order valence-corrected chi connectivity index (χ4v) is 6.27. The predicted molar refractivity (Wildman–Crippen MR) is 193 cm³/mol. The minimum Gasteiger partial charge on any atom is -0.494 e. The molecule has 1 aromatic carbocycles. The standard InChI is InChI=1S/C36H44N6O9S/c1-3-14-48-16-18-50-20-21-51-19-17-49-15-9-37-33(44)27-24-52-34(40-27)31-30-29(28(47-2)23-39-31)26(22-38-30)32(43)36(46)42-12-10-41(11-13-42)35(45)25-7-5-4-6-8-25/h4-8,22-24,38H,3,9-21H2,1-2H3,(H,37,44). The number of hydrogen-bond acceptors (Lipinski definition) is 12. The summed E-state index contributed by atoms with van der Waals surface area (Å²) >= 11 is 1.22. The molecule has 16 heteroatoms. The van der Waals surface area contributed by atoms with E-state index in [1.165, 1.54) is 35.7 Å². The topological polar surface area (TPSA) is 175 Å². The number of H-pyrrole nitrogens is 1. The molecule has 1 aliphatic rings. The second-order valence-corrected chi connectivity index (χ2v) is 12.5. The highest BCUT2D eigenvalue weighted by atomic mass is 32.1. The minimum absolute atomic E-state index is 0.114. The number of aromatic amines is 1. The van der Waals surface area contributed by atoms with Gasteiger partial charge in [-0.25, -0.2) is 9.97 Å². The van der Waals surface area contributed by atoms with E-state index in [9.17, 15) is 19.2 Å². The molecule has 1 fully saturated rings. The molecule has 3 aromatic heterocycles. The Hall–Kier alpha value is -4.74. The predicted octanol–water partition coefficient (Wildman–Crippen LogP) is 3.07. The van der Waals surface area contributed by atoms with Gasteiger partial charge in [0.05, 0.1) is 76.0 Å². The Kier molecular flexibility index (Phi) is 14.6. The van der Waals surface area contributed by atoms with Crippen LogP contribution in [0.4, 0.5) is 0 Å². The number of nitrogens with zero attached hydrogens (tertiary/aromatic N) is 4. The first-order valence-electron chi connectivity index (χ1n) is 17.2. The van der Waals surface area contributed by atoms with Crippen molar-refractivity contribution in [2.24, 2.45) is 0 Å². The minimum atomic E-state index is -0.713. The van der Waals surface area contributed by atoms with E-state index in [0.717, 1.165) is 13.0 Å². The molecule has 1 aliphatic heterocycles. The van der Waals surface area contributed by atoms with Crippen LogP contribution in [0, 0.1) is 0 Å². The van der Waals surface area contributed by atoms with Crippen LogP contribution < -0.4 is 10.1 Å². The van der Waals surface area contributed by atoms with E-state index < -0.39 is 11.7 Å². The van der Waals surface area contributed by atoms with Gasteiger partial charge in [-0.15, -0.1) is 11.3 Å². The summed E-state index contributed by atoms with van der Waals surface area (Å²) in [7, 11) is 1.45. The zero-order valence-corrected chi connectivity index (χ0v) is 30.2. The van der Waals surface area contributed by atoms with Crippen molar-refractivity contribution >= 4 is 45.7 Å². The Balaban J connectivity index is 1.11. The highest BCUT2D eigenvalue weighted by Crippen LogP contribution is 2.36. The Morgan fingerprint density at radius 1 is 0.865 bits per heavy atom. The lowest BCUT2D eigenvalue weighted by Crippen LogP contribution is -2.52. The quantitative estimate of drug-likeness (QED) is 0.0776. The van der Waals surface area contributed by atoms with Crippen molar-refractivity contribution in [3.8, 4) is 16.5 Å². The fourth-order valence-electron chi connectivity index (χ4n) is 5.47. The number of nitrogens with one attached hydrogen (secondary N) is 2. The van der Waals surface area contributed by atoms with Gasteiger partial charge in [-0.3, -0.25) is 19.2 Å². The molecule has 4 heterocycles. The van der Waals surface area contributed by atoms with Crippen molar-refractivity contribution in [3.05, 3.63) is 64.9 Å². The summed E-state index contributed by atoms with van der Waals surface area (Å²) in [5.74, 6) is -1.57. The van der Waals surface area contributed by atoms with Crippen LogP contribution in [0.2, 0.25) is 0 Å². The van der Waals surface area contributed by atoms with E-state index in [4.69, 9.17) is 23.7 Å². The lowest BCUT2D eigenvalue weighted by molar-refractivity contribution is -0.127. The second kappa shape index (κ2) is 19.8. The third kappa shape index (κ3) is 9.98. The van der Waals surface area contributed by atoms with E-state index in [1.54, 1.807) is 34.5 Å². The van der Waals surface area contributed by atoms with Crippen molar-refractivity contribution in [1.82, 2.24) is 30.1 Å². The van der Waals surface area contributed by atoms with E-state index in [1.807, 2.05) is 6.07 Å². The van der Waals surface area contributed by atoms with Crippen LogP contribution in [-0.4, -0.2) is 141 Å². The third-order valence-electron chi connectivity index (χ3n) is 8.14. The normalized spacial score (nSPS) is 13.0. The molecule has 1 saturated heterocycles. The Labute approximate surface area is 305 Å². The van der Waals surface area contributed by atoms with Crippen LogP contribution >= 0.6 is 11.3 Å². The molecule has 0 aliphatic carbocycles. The maximum atomic E-state index is 13.6. The monoisotopic (exact) mass is 736 g/mol. The molecule has 52 heavy (non-hydrogen) atoms. The first-order valence-corrected chi connectivity index (χ1v) is 18.1. The molecule has 0 spiro atoms. The molecule has 0 unspecified atom stereocenters. The van der Waals surface area contributed by atoms with Gasteiger partial charge in [-0.05, 0) is 18.6 Å². The molecule has 2 N–H and O–H groups in total. The number of aromatic nitrogens is 3. The third-order valence-corrected chi connectivity index (χ3v) is 8.99. The van der Waals surface area contributed by atoms with Gasteiger partial charge in [-0.1, -0.05) is 25.1 Å². The highest BCUT2D eigenvalue weighted by molar-refractivity contribution is 7.13. The highest BCUT2D eigenvalue weighted by Gasteiger charge is 2.31. The van der Waals surface area contributed by atoms with Gasteiger partial charge in [0.2, 0.25) is 0 Å². The largest absolute Gasteiger partial charge is 0.494 e. The SMILES string of the molecule is CCCOCCOCCOCCOCCNC(=O)c1csc(-c2ncc(OC)c3c(C(=O)C(=O)N4CCN(C(=O)c5ccccc5)CC4)c[nH]c23)n1. The number of rotatable bonds is 20. The Morgan fingerprint density at radius 3 is 2.15 bits per heavy atom. The van der Waals surface area contributed by atoms with E-state index in [2.05, 4.69) is 27.2 Å². The number of fused-ring (bicyclic) bond motifs is 1. The number of Topliss-reactive ketones (excluding diaryl/α,β-unsaturated/α-hetero) is 1. The van der Waals surface area contributed by atoms with Crippen LogP contribution in [0.1, 0.15) is 44.5 Å². The van der Waals surface area contributed by atoms with Crippen LogP contribution in [-0.2, 0) is 23.7 Å². The lowest BCUT2D eigenvalue weighted by Gasteiger charge is -2.34. The summed E-state index contributed by atoms with van der Waals surface area (Å²) < 4.78 is 27.3. The number of carbonyl (C=O) groups is 4. The lowest BCUT2D eigenvalue weighted by atomic mass is 10.1. The van der Waals surface area contributed by atoms with Crippen LogP contribution in [0.15, 0.2) is 48.1 Å². The molecule has 0 saturated carbocycles. The molecule has 3 amide bonds. The molecule has 278 valence electrons. The van der Waals surface area contributed by atoms with Crippen molar-refractivity contribution in [2.75, 3.05) is 92.7 Å². The molecule has 15 nitrogen and oxygen atoms in total. The maximum Gasteiger partial charge on any atom is 0.295 e. The maximum absolute atomic E-state index is 13.6. The molecule has 0 radical (unpaired) electrons. The van der Waals surface area contributed by atoms with Crippen molar-refractivity contribution in [3.63, 3.8) is 0 Å². The van der Waals surface area contributed by atoms with Crippen molar-refractivity contribution < 1.29 is 42.9 Å². The van der Waals surface area contributed by atoms with Gasteiger partial charge in [0.25, 0.3) is 23.5 Å². The second-order valence-electron chi connectivity index (χ2n) is 11.7. The summed E-state index contributed by atoms with van der Waals surface area (Å²) in [5, 5.41) is 5.24. The first kappa shape index (κ1) is 38.5. The van der Waals surface area contributed by atoms with Gasteiger partial charge in [0.1, 0.15) is 22.1 Å². The van der Waals surface area contributed by atoms with Crippen molar-refractivity contribution in [2.45, 2.75) is 13.3 Å². The van der Waals surface area contributed by atoms with Crippen molar-refractivity contribution in [1.29, 1.82) is 0 Å². The summed E-state index contributed by atoms with van der Waals surface area (Å²) in [5.41, 5.74) is 1.75. The van der Waals surface area contributed by atoms with Gasteiger partial charge in [0.15, 0.2) is 0 Å². The average Bonchev–Trinajstić information content (AvgIpc) is 3.86. The molecule has 5 rings (SSSR count). The zero-order valence-electron chi connectivity index (χ0n) is 29.4. The molecular formula is C36H44N6O9S. The Bertz CT molecular complexity index is 1790. The number of methoxy groups -OCH3 is 1. The Morgan fingerprint density at radius 2 is 1.50 bits per heavy atom. The number of piperazine rings is 1. The van der Waals surface area contributed by atoms with Crippen LogP contribution in [0.25, 0.3) is 21.6 Å². The smallest absolute Gasteiger partial charge is 0.295 e. The number of benzene rings is 1. The first-order chi connectivity index (χ1) is 25.4. The number of ether oxygens (including phenoxy) is 5. The van der Waals surface area contributed by atoms with Gasteiger partial charge >= 0.3 is 0 Å². The summed E-state index contributed by atoms with van der Waals surface area (Å²) in [6, 6.07) is 8.95. The van der Waals surface area contributed by atoms with E-state index in [0.29, 0.717) is 92.3 Å². The van der Waals surface area contributed by atoms with Crippen LogP contribution in [0.3, 0.4) is 0 Å². The number of ketones is 1. The number of amides is 3. The summed E-state index contributed by atoms with van der Waals surface area (Å²) in [4.78, 5) is 67.8. The van der Waals surface area contributed by atoms with Gasteiger partial charge in [0, 0.05) is 56.5 Å². The number of hydrogen-bond donors (Lipinski definition) is 2. The van der Waals surface area contributed by atoms with Gasteiger partial charge in [-0.2, -0.15) is 0 Å². The molecular weight excluding hydrogens is 692 g/mol. The molecule has 0 atom stereocenters. The van der Waals surface area contributed by atoms with Gasteiger partial charge < -0.3 is 43.8 Å². The fraction of sp³-hybridized carbons (Fsp3) is 0.444. The average molecular weight is 737 g/mol. The molecule has 0 bridgehead atoms. The number of pyridine rings is 1.